The Hall–Kier alpha value is -3.17. The van der Waals surface area contributed by atoms with Crippen molar-refractivity contribution in [2.24, 2.45) is 0 Å². The molecule has 12 nitrogen and oxygen atoms in total. The van der Waals surface area contributed by atoms with Crippen LogP contribution in [0.4, 0.5) is 0 Å². The lowest BCUT2D eigenvalue weighted by molar-refractivity contribution is -0.360. The van der Waals surface area contributed by atoms with Gasteiger partial charge < -0.3 is 42.3 Å². The average Bonchev–Trinajstić information content (AvgIpc) is 3.46. The Labute approximate surface area is 282 Å². The van der Waals surface area contributed by atoms with Crippen LogP contribution in [0.3, 0.4) is 0 Å². The van der Waals surface area contributed by atoms with Crippen molar-refractivity contribution in [3.8, 4) is 0 Å². The highest BCUT2D eigenvalue weighted by atomic mass is 28.4. The molecule has 3 heterocycles. The van der Waals surface area contributed by atoms with Crippen LogP contribution in [0.2, 0.25) is 5.04 Å². The van der Waals surface area contributed by atoms with Gasteiger partial charge in [0.05, 0.1) is 6.61 Å². The standard InChI is InChI=1S/C35H46O12Si/c1-21(36)41-27-28(42-22(2)37)31(39-9)47-35(29(27)43-23(3)38)26(44-32-30(35)45-34(7,8)46-32)20-40-48(33(4,5)6,24-16-12-10-13-17-24)25-18-14-11-15-19-25/h10-19,26-32H,20H2,1-9H3/t26-,27-,28+,29+,30-,31+,32+,35-/m1/s1. The van der Waals surface area contributed by atoms with Gasteiger partial charge in [-0.2, -0.15) is 0 Å². The molecule has 8 atom stereocenters. The minimum Gasteiger partial charge on any atom is -0.455 e. The summed E-state index contributed by atoms with van der Waals surface area (Å²) in [5.41, 5.74) is -1.73. The van der Waals surface area contributed by atoms with E-state index in [0.29, 0.717) is 0 Å². The van der Waals surface area contributed by atoms with Crippen LogP contribution in [0.25, 0.3) is 0 Å². The van der Waals surface area contributed by atoms with Crippen molar-refractivity contribution in [1.82, 2.24) is 0 Å². The Balaban J connectivity index is 1.68. The summed E-state index contributed by atoms with van der Waals surface area (Å²) in [5, 5.41) is 1.69. The molecule has 0 radical (unpaired) electrons. The van der Waals surface area contributed by atoms with Crippen molar-refractivity contribution in [2.75, 3.05) is 13.7 Å². The van der Waals surface area contributed by atoms with Crippen LogP contribution >= 0.6 is 0 Å². The number of carbonyl (C=O) groups is 3. The van der Waals surface area contributed by atoms with Crippen LogP contribution in [0.5, 0.6) is 0 Å². The van der Waals surface area contributed by atoms with Gasteiger partial charge in [-0.15, -0.1) is 0 Å². The molecule has 2 aromatic carbocycles. The summed E-state index contributed by atoms with van der Waals surface area (Å²) in [7, 11) is -1.77. The zero-order valence-corrected chi connectivity index (χ0v) is 29.9. The number of ether oxygens (including phenoxy) is 8. The van der Waals surface area contributed by atoms with E-state index < -0.39 is 80.7 Å². The Morgan fingerprint density at radius 1 is 0.771 bits per heavy atom. The zero-order valence-electron chi connectivity index (χ0n) is 28.9. The Morgan fingerprint density at radius 3 is 1.77 bits per heavy atom. The molecule has 0 saturated carbocycles. The van der Waals surface area contributed by atoms with Crippen molar-refractivity contribution in [1.29, 1.82) is 0 Å². The van der Waals surface area contributed by atoms with Crippen molar-refractivity contribution in [3.05, 3.63) is 60.7 Å². The first-order valence-corrected chi connectivity index (χ1v) is 17.9. The maximum absolute atomic E-state index is 12.8. The van der Waals surface area contributed by atoms with Crippen LogP contribution in [0.15, 0.2) is 60.7 Å². The molecule has 2 aromatic rings. The number of rotatable bonds is 9. The van der Waals surface area contributed by atoms with E-state index in [4.69, 9.17) is 42.3 Å². The van der Waals surface area contributed by atoms with Crippen molar-refractivity contribution >= 4 is 36.6 Å². The number of fused-ring (bicyclic) bond motifs is 2. The summed E-state index contributed by atoms with van der Waals surface area (Å²) in [6.07, 6.45) is -8.42. The molecule has 3 aliphatic rings. The molecule has 0 N–H and O–H groups in total. The van der Waals surface area contributed by atoms with E-state index in [1.165, 1.54) is 27.9 Å². The van der Waals surface area contributed by atoms with E-state index in [-0.39, 0.29) is 11.6 Å². The van der Waals surface area contributed by atoms with Gasteiger partial charge in [0.2, 0.25) is 0 Å². The van der Waals surface area contributed by atoms with Crippen LogP contribution in [-0.4, -0.2) is 94.4 Å². The van der Waals surface area contributed by atoms with E-state index in [2.05, 4.69) is 45.0 Å². The number of hydrogen-bond donors (Lipinski definition) is 0. The molecule has 5 rings (SSSR count). The van der Waals surface area contributed by atoms with Gasteiger partial charge >= 0.3 is 17.9 Å². The van der Waals surface area contributed by atoms with Crippen LogP contribution < -0.4 is 10.4 Å². The molecule has 3 saturated heterocycles. The SMILES string of the molecule is CO[C@H]1O[C@@]2([C@@H]3OC(C)(C)O[C@@H]3O[C@@H]2CO[Si](c2ccccc2)(c2ccccc2)C(C)(C)C)[C@@H](OC(C)=O)[C@H](OC(C)=O)[C@@H]1OC(C)=O. The molecule has 262 valence electrons. The highest BCUT2D eigenvalue weighted by molar-refractivity contribution is 6.99. The van der Waals surface area contributed by atoms with E-state index in [1.54, 1.807) is 13.8 Å². The predicted molar refractivity (Wildman–Crippen MR) is 174 cm³/mol. The van der Waals surface area contributed by atoms with E-state index in [9.17, 15) is 14.4 Å². The quantitative estimate of drug-likeness (QED) is 0.218. The van der Waals surface area contributed by atoms with Crippen LogP contribution in [0, 0.1) is 0 Å². The minimum atomic E-state index is -3.13. The van der Waals surface area contributed by atoms with Crippen LogP contribution in [0.1, 0.15) is 55.4 Å². The van der Waals surface area contributed by atoms with Crippen molar-refractivity contribution < 1.29 is 56.7 Å². The zero-order chi connectivity index (χ0) is 35.1. The van der Waals surface area contributed by atoms with Gasteiger partial charge in [0.15, 0.2) is 42.3 Å². The van der Waals surface area contributed by atoms with Gasteiger partial charge in [-0.25, -0.2) is 0 Å². The lowest BCUT2D eigenvalue weighted by Gasteiger charge is -2.52. The molecule has 0 bridgehead atoms. The smallest absolute Gasteiger partial charge is 0.303 e. The third kappa shape index (κ3) is 6.57. The summed E-state index contributed by atoms with van der Waals surface area (Å²) < 4.78 is 56.3. The molecule has 0 aliphatic carbocycles. The van der Waals surface area contributed by atoms with Gasteiger partial charge in [0, 0.05) is 27.9 Å². The monoisotopic (exact) mass is 686 g/mol. The second-order valence-electron chi connectivity index (χ2n) is 13.8. The average molecular weight is 687 g/mol. The largest absolute Gasteiger partial charge is 0.455 e. The summed E-state index contributed by atoms with van der Waals surface area (Å²) in [6.45, 7) is 13.4. The number of hydrogen-bond acceptors (Lipinski definition) is 12. The first-order valence-electron chi connectivity index (χ1n) is 16.0. The normalized spacial score (nSPS) is 31.2. The summed E-state index contributed by atoms with van der Waals surface area (Å²) in [5.74, 6) is -3.22. The van der Waals surface area contributed by atoms with Gasteiger partial charge in [-0.1, -0.05) is 81.4 Å². The maximum atomic E-state index is 12.8. The summed E-state index contributed by atoms with van der Waals surface area (Å²) in [6, 6.07) is 20.1. The molecule has 13 heteroatoms. The Kier molecular flexibility index (Phi) is 10.2. The minimum absolute atomic E-state index is 0.0767. The van der Waals surface area contributed by atoms with Gasteiger partial charge in [-0.05, 0) is 29.3 Å². The molecule has 0 aromatic heterocycles. The van der Waals surface area contributed by atoms with Crippen molar-refractivity contribution in [3.63, 3.8) is 0 Å². The fraction of sp³-hybridized carbons (Fsp3) is 0.571. The number of carbonyl (C=O) groups excluding carboxylic acids is 3. The number of methoxy groups -OCH3 is 1. The van der Waals surface area contributed by atoms with Gasteiger partial charge in [0.25, 0.3) is 8.32 Å². The highest BCUT2D eigenvalue weighted by Gasteiger charge is 2.75. The molecule has 0 amide bonds. The molecule has 3 aliphatic heterocycles. The third-order valence-corrected chi connectivity index (χ3v) is 14.0. The van der Waals surface area contributed by atoms with Crippen LogP contribution in [-0.2, 0) is 56.7 Å². The number of benzene rings is 2. The Morgan fingerprint density at radius 2 is 1.29 bits per heavy atom. The van der Waals surface area contributed by atoms with Gasteiger partial charge in [-0.3, -0.25) is 14.4 Å². The third-order valence-electron chi connectivity index (χ3n) is 8.96. The fourth-order valence-corrected chi connectivity index (χ4v) is 11.8. The molecular formula is C35H46O12Si. The van der Waals surface area contributed by atoms with E-state index in [1.807, 2.05) is 36.4 Å². The fourth-order valence-electron chi connectivity index (χ4n) is 7.28. The first-order chi connectivity index (χ1) is 22.6. The van der Waals surface area contributed by atoms with Gasteiger partial charge in [0.1, 0.15) is 12.2 Å². The maximum Gasteiger partial charge on any atom is 0.303 e. The van der Waals surface area contributed by atoms with Crippen molar-refractivity contribution in [2.45, 2.75) is 115 Å². The summed E-state index contributed by atoms with van der Waals surface area (Å²) in [4.78, 5) is 37.7. The summed E-state index contributed by atoms with van der Waals surface area (Å²) >= 11 is 0. The highest BCUT2D eigenvalue weighted by Crippen LogP contribution is 2.52. The first kappa shape index (κ1) is 36.1. The number of esters is 3. The van der Waals surface area contributed by atoms with E-state index in [0.717, 1.165) is 10.4 Å². The molecule has 48 heavy (non-hydrogen) atoms. The topological polar surface area (TPSA) is 134 Å². The second kappa shape index (κ2) is 13.6. The lowest BCUT2D eigenvalue weighted by Crippen LogP contribution is -2.74. The molecule has 3 fully saturated rings. The second-order valence-corrected chi connectivity index (χ2v) is 18.1. The lowest BCUT2D eigenvalue weighted by atomic mass is 9.79. The molecular weight excluding hydrogens is 640 g/mol. The van der Waals surface area contributed by atoms with E-state index >= 15 is 0 Å². The molecule has 0 unspecified atom stereocenters. The molecule has 1 spiro atoms. The predicted octanol–water partition coefficient (Wildman–Crippen LogP) is 2.98. The Bertz CT molecular complexity index is 1420.